The third kappa shape index (κ3) is 2.89. The molecular weight excluding hydrogens is 202 g/mol. The lowest BCUT2D eigenvalue weighted by atomic mass is 9.96. The quantitative estimate of drug-likeness (QED) is 0.803. The molecule has 1 aromatic carbocycles. The third-order valence-corrected chi connectivity index (χ3v) is 2.82. The zero-order valence-corrected chi connectivity index (χ0v) is 10.5. The molecule has 1 atom stereocenters. The number of rotatable bonds is 6. The van der Waals surface area contributed by atoms with Gasteiger partial charge in [0.25, 0.3) is 0 Å². The molecule has 0 bridgehead atoms. The Morgan fingerprint density at radius 3 is 2.38 bits per heavy atom. The summed E-state index contributed by atoms with van der Waals surface area (Å²) in [6, 6.07) is 6.13. The summed E-state index contributed by atoms with van der Waals surface area (Å²) in [7, 11) is 5.30. The molecule has 0 heterocycles. The maximum absolute atomic E-state index is 5.30. The molecule has 0 fully saturated rings. The minimum atomic E-state index is 0.518. The van der Waals surface area contributed by atoms with Gasteiger partial charge in [0.15, 0.2) is 11.5 Å². The van der Waals surface area contributed by atoms with Crippen LogP contribution in [-0.4, -0.2) is 27.8 Å². The summed E-state index contributed by atoms with van der Waals surface area (Å²) in [4.78, 5) is 0. The van der Waals surface area contributed by atoms with Crippen LogP contribution in [0, 0.1) is 0 Å². The molecule has 0 unspecified atom stereocenters. The Kier molecular flexibility index (Phi) is 5.12. The zero-order chi connectivity index (χ0) is 12.0. The van der Waals surface area contributed by atoms with Crippen LogP contribution in [0.2, 0.25) is 0 Å². The van der Waals surface area contributed by atoms with Crippen LogP contribution in [-0.2, 0) is 0 Å². The molecule has 0 spiro atoms. The summed E-state index contributed by atoms with van der Waals surface area (Å²) in [5.74, 6) is 2.10. The van der Waals surface area contributed by atoms with Crippen LogP contribution in [0.1, 0.15) is 24.8 Å². The topological polar surface area (TPSA) is 30.5 Å². The monoisotopic (exact) mass is 223 g/mol. The van der Waals surface area contributed by atoms with Gasteiger partial charge in [0.05, 0.1) is 14.2 Å². The van der Waals surface area contributed by atoms with E-state index < -0.39 is 0 Å². The largest absolute Gasteiger partial charge is 0.493 e. The zero-order valence-electron chi connectivity index (χ0n) is 10.5. The molecule has 3 nitrogen and oxygen atoms in total. The Labute approximate surface area is 97.8 Å². The average molecular weight is 223 g/mol. The molecule has 0 aliphatic rings. The van der Waals surface area contributed by atoms with Crippen LogP contribution in [0.15, 0.2) is 18.2 Å². The molecule has 1 N–H and O–H groups in total. The number of nitrogens with one attached hydrogen (secondary N) is 1. The maximum atomic E-state index is 5.30. The molecule has 0 radical (unpaired) electrons. The third-order valence-electron chi connectivity index (χ3n) is 2.82. The predicted molar refractivity (Wildman–Crippen MR) is 66.5 cm³/mol. The van der Waals surface area contributed by atoms with Crippen LogP contribution < -0.4 is 14.8 Å². The minimum absolute atomic E-state index is 0.518. The van der Waals surface area contributed by atoms with Crippen molar-refractivity contribution in [3.05, 3.63) is 23.8 Å². The Hall–Kier alpha value is -1.22. The van der Waals surface area contributed by atoms with E-state index in [-0.39, 0.29) is 0 Å². The van der Waals surface area contributed by atoms with E-state index in [9.17, 15) is 0 Å². The number of benzene rings is 1. The van der Waals surface area contributed by atoms with E-state index in [0.717, 1.165) is 24.5 Å². The predicted octanol–water partition coefficient (Wildman–Crippen LogP) is 2.42. The molecule has 1 aromatic rings. The normalized spacial score (nSPS) is 12.2. The molecular formula is C13H21NO2. The van der Waals surface area contributed by atoms with Gasteiger partial charge in [0.2, 0.25) is 0 Å². The second kappa shape index (κ2) is 6.38. The fourth-order valence-corrected chi connectivity index (χ4v) is 1.85. The van der Waals surface area contributed by atoms with Crippen molar-refractivity contribution in [2.75, 3.05) is 27.8 Å². The fourth-order valence-electron chi connectivity index (χ4n) is 1.85. The summed E-state index contributed by atoms with van der Waals surface area (Å²) in [6.07, 6.45) is 1.11. The number of likely N-dealkylation sites (N-methyl/N-ethyl adjacent to an activating group) is 1. The van der Waals surface area contributed by atoms with E-state index in [1.54, 1.807) is 14.2 Å². The number of hydrogen-bond donors (Lipinski definition) is 1. The number of ether oxygens (including phenoxy) is 2. The summed E-state index contributed by atoms with van der Waals surface area (Å²) >= 11 is 0. The van der Waals surface area contributed by atoms with Crippen molar-refractivity contribution in [2.45, 2.75) is 19.3 Å². The number of methoxy groups -OCH3 is 2. The fraction of sp³-hybridized carbons (Fsp3) is 0.538. The first-order chi connectivity index (χ1) is 7.76. The van der Waals surface area contributed by atoms with Crippen molar-refractivity contribution < 1.29 is 9.47 Å². The van der Waals surface area contributed by atoms with Crippen molar-refractivity contribution in [3.63, 3.8) is 0 Å². The highest BCUT2D eigenvalue weighted by Gasteiger charge is 2.11. The smallest absolute Gasteiger partial charge is 0.160 e. The molecule has 16 heavy (non-hydrogen) atoms. The van der Waals surface area contributed by atoms with Gasteiger partial charge in [-0.25, -0.2) is 0 Å². The van der Waals surface area contributed by atoms with Gasteiger partial charge in [0.1, 0.15) is 0 Å². The Bertz CT molecular complexity index is 326. The highest BCUT2D eigenvalue weighted by molar-refractivity contribution is 5.44. The van der Waals surface area contributed by atoms with Gasteiger partial charge in [-0.05, 0) is 37.1 Å². The Morgan fingerprint density at radius 1 is 1.19 bits per heavy atom. The van der Waals surface area contributed by atoms with Gasteiger partial charge >= 0.3 is 0 Å². The molecule has 90 valence electrons. The second-order valence-corrected chi connectivity index (χ2v) is 3.78. The summed E-state index contributed by atoms with van der Waals surface area (Å²) in [6.45, 7) is 3.17. The lowest BCUT2D eigenvalue weighted by Gasteiger charge is -2.17. The van der Waals surface area contributed by atoms with E-state index in [2.05, 4.69) is 24.4 Å². The summed E-state index contributed by atoms with van der Waals surface area (Å²) < 4.78 is 10.5. The van der Waals surface area contributed by atoms with Gasteiger partial charge in [-0.15, -0.1) is 0 Å². The molecule has 0 aliphatic carbocycles. The summed E-state index contributed by atoms with van der Waals surface area (Å²) in [5, 5.41) is 3.21. The highest BCUT2D eigenvalue weighted by Crippen LogP contribution is 2.31. The van der Waals surface area contributed by atoms with E-state index in [0.29, 0.717) is 5.92 Å². The molecule has 0 aromatic heterocycles. The van der Waals surface area contributed by atoms with Gasteiger partial charge in [0, 0.05) is 6.54 Å². The molecule has 3 heteroatoms. The van der Waals surface area contributed by atoms with E-state index in [1.165, 1.54) is 5.56 Å². The van der Waals surface area contributed by atoms with E-state index in [4.69, 9.17) is 9.47 Å². The van der Waals surface area contributed by atoms with Crippen LogP contribution in [0.4, 0.5) is 0 Å². The van der Waals surface area contributed by atoms with Crippen LogP contribution in [0.3, 0.4) is 0 Å². The minimum Gasteiger partial charge on any atom is -0.493 e. The molecule has 1 rings (SSSR count). The lowest BCUT2D eigenvalue weighted by molar-refractivity contribution is 0.354. The standard InChI is InChI=1S/C13H21NO2/c1-5-10(9-14-2)11-6-7-12(15-3)13(8-11)16-4/h6-8,10,14H,5,9H2,1-4H3/t10-/m1/s1. The summed E-state index contributed by atoms with van der Waals surface area (Å²) in [5.41, 5.74) is 1.29. The van der Waals surface area contributed by atoms with Crippen LogP contribution >= 0.6 is 0 Å². The average Bonchev–Trinajstić information content (AvgIpc) is 2.35. The van der Waals surface area contributed by atoms with Crippen LogP contribution in [0.25, 0.3) is 0 Å². The van der Waals surface area contributed by atoms with Gasteiger partial charge < -0.3 is 14.8 Å². The second-order valence-electron chi connectivity index (χ2n) is 3.78. The first kappa shape index (κ1) is 12.8. The van der Waals surface area contributed by atoms with Crippen molar-refractivity contribution in [1.82, 2.24) is 5.32 Å². The van der Waals surface area contributed by atoms with Crippen molar-refractivity contribution in [2.24, 2.45) is 0 Å². The van der Waals surface area contributed by atoms with E-state index >= 15 is 0 Å². The Morgan fingerprint density at radius 2 is 1.88 bits per heavy atom. The van der Waals surface area contributed by atoms with E-state index in [1.807, 2.05) is 13.1 Å². The molecule has 0 aliphatic heterocycles. The maximum Gasteiger partial charge on any atom is 0.160 e. The highest BCUT2D eigenvalue weighted by atomic mass is 16.5. The van der Waals surface area contributed by atoms with Gasteiger partial charge in [-0.3, -0.25) is 0 Å². The molecule has 0 amide bonds. The molecule has 0 saturated heterocycles. The van der Waals surface area contributed by atoms with Crippen LogP contribution in [0.5, 0.6) is 11.5 Å². The lowest BCUT2D eigenvalue weighted by Crippen LogP contribution is -2.16. The SMILES string of the molecule is CC[C@H](CNC)c1ccc(OC)c(OC)c1. The van der Waals surface area contributed by atoms with Crippen molar-refractivity contribution in [3.8, 4) is 11.5 Å². The number of hydrogen-bond acceptors (Lipinski definition) is 3. The van der Waals surface area contributed by atoms with Gasteiger partial charge in [-0.1, -0.05) is 13.0 Å². The first-order valence-corrected chi connectivity index (χ1v) is 5.63. The first-order valence-electron chi connectivity index (χ1n) is 5.63. The molecule has 0 saturated carbocycles. The Balaban J connectivity index is 2.96. The van der Waals surface area contributed by atoms with Gasteiger partial charge in [-0.2, -0.15) is 0 Å². The van der Waals surface area contributed by atoms with Crippen molar-refractivity contribution >= 4 is 0 Å². The van der Waals surface area contributed by atoms with Crippen molar-refractivity contribution in [1.29, 1.82) is 0 Å².